The molecule has 2 aromatic heterocycles. The first-order valence-corrected chi connectivity index (χ1v) is 39.3. The van der Waals surface area contributed by atoms with Crippen molar-refractivity contribution in [2.75, 3.05) is 13.2 Å². The zero-order valence-corrected chi connectivity index (χ0v) is 63.4. The molecule has 4 aliphatic carbocycles. The fourth-order valence-electron chi connectivity index (χ4n) is 23.6. The molecular formula is C74H108F6N6O20. The predicted molar refractivity (Wildman–Crippen MR) is 348 cm³/mol. The lowest BCUT2D eigenvalue weighted by atomic mass is 9.57. The Morgan fingerprint density at radius 2 is 0.764 bits per heavy atom. The summed E-state index contributed by atoms with van der Waals surface area (Å²) < 4.78 is 171. The van der Waals surface area contributed by atoms with Gasteiger partial charge in [0.2, 0.25) is 23.1 Å². The predicted octanol–water partition coefficient (Wildman–Crippen LogP) is 13.1. The van der Waals surface area contributed by atoms with Crippen LogP contribution in [-0.2, 0) is 122 Å². The summed E-state index contributed by atoms with van der Waals surface area (Å²) in [5.41, 5.74) is -2.99. The maximum absolute atomic E-state index is 15.4. The quantitative estimate of drug-likeness (QED) is 0.126. The molecule has 2 aromatic rings. The second kappa shape index (κ2) is 25.8. The van der Waals surface area contributed by atoms with Crippen LogP contribution in [0.1, 0.15) is 211 Å². The molecule has 26 nitrogen and oxygen atoms in total. The fourth-order valence-corrected chi connectivity index (χ4v) is 23.6. The van der Waals surface area contributed by atoms with Gasteiger partial charge in [0.05, 0.1) is 57.6 Å². The fraction of sp³-hybridized carbons (Fsp3) is 0.946. The Bertz CT molecular complexity index is 3590. The number of halogens is 6. The minimum atomic E-state index is -4.89. The summed E-state index contributed by atoms with van der Waals surface area (Å²) >= 11 is 0. The number of rotatable bonds is 14. The second-order valence-corrected chi connectivity index (χ2v) is 35.8. The first-order chi connectivity index (χ1) is 50.0. The molecular weight excluding hydrogens is 1410 g/mol. The summed E-state index contributed by atoms with van der Waals surface area (Å²) in [4.78, 5) is 48.1. The van der Waals surface area contributed by atoms with E-state index in [2.05, 4.69) is 62.2 Å². The van der Waals surface area contributed by atoms with Gasteiger partial charge >= 0.3 is 12.4 Å². The van der Waals surface area contributed by atoms with Gasteiger partial charge < -0.3 is 56.8 Å². The maximum atomic E-state index is 15.4. The molecule has 106 heavy (non-hydrogen) atoms. The highest BCUT2D eigenvalue weighted by Crippen LogP contribution is 2.69. The Morgan fingerprint density at radius 1 is 0.396 bits per heavy atom. The van der Waals surface area contributed by atoms with Crippen molar-refractivity contribution in [3.8, 4) is 0 Å². The minimum Gasteiger partial charge on any atom is -0.348 e. The summed E-state index contributed by atoms with van der Waals surface area (Å²) in [5, 5.41) is 16.6. The van der Waals surface area contributed by atoms with Crippen LogP contribution in [-0.4, -0.2) is 149 Å². The van der Waals surface area contributed by atoms with Crippen molar-refractivity contribution in [3.63, 3.8) is 0 Å². The van der Waals surface area contributed by atoms with Crippen molar-refractivity contribution in [2.45, 2.75) is 332 Å². The van der Waals surface area contributed by atoms with E-state index in [0.717, 1.165) is 51.4 Å². The van der Waals surface area contributed by atoms with Gasteiger partial charge in [0, 0.05) is 73.0 Å². The van der Waals surface area contributed by atoms with E-state index in [1.807, 2.05) is 27.7 Å². The van der Waals surface area contributed by atoms with Gasteiger partial charge in [0.15, 0.2) is 59.1 Å². The molecule has 1 unspecified atom stereocenters. The number of ether oxygens (including phenoxy) is 12. The lowest BCUT2D eigenvalue weighted by Crippen LogP contribution is -2.76. The normalized spacial score (nSPS) is 53.1. The third-order valence-electron chi connectivity index (χ3n) is 30.0. The van der Waals surface area contributed by atoms with Crippen LogP contribution < -0.4 is 0 Å². The molecule has 16 saturated heterocycles. The van der Waals surface area contributed by atoms with Gasteiger partial charge in [-0.3, -0.25) is 0 Å². The largest absolute Gasteiger partial charge is 0.443 e. The average Bonchev–Trinajstić information content (AvgIpc) is 0.993. The molecule has 20 fully saturated rings. The molecule has 18 heterocycles. The van der Waals surface area contributed by atoms with E-state index in [0.29, 0.717) is 68.9 Å². The molecule has 0 aromatic carbocycles. The zero-order valence-electron chi connectivity index (χ0n) is 63.4. The van der Waals surface area contributed by atoms with E-state index >= 15 is 26.3 Å². The Hall–Kier alpha value is -2.94. The summed E-state index contributed by atoms with van der Waals surface area (Å²) in [5.74, 6) is -14.1. The van der Waals surface area contributed by atoms with E-state index < -0.39 is 136 Å². The van der Waals surface area contributed by atoms with E-state index in [4.69, 9.17) is 95.9 Å². The van der Waals surface area contributed by atoms with Crippen LogP contribution in [0.15, 0.2) is 12.4 Å². The molecule has 4 spiro atoms. The van der Waals surface area contributed by atoms with E-state index in [1.165, 1.54) is 16.3 Å². The molecule has 16 aliphatic heterocycles. The highest BCUT2D eigenvalue weighted by atomic mass is 19.4. The number of fused-ring (bicyclic) bond motifs is 8. The lowest BCUT2D eigenvalue weighted by Gasteiger charge is -2.62. The molecule has 596 valence electrons. The van der Waals surface area contributed by atoms with Gasteiger partial charge in [0.1, 0.15) is 5.69 Å². The van der Waals surface area contributed by atoms with Crippen molar-refractivity contribution < 1.29 is 122 Å². The molecule has 32 heteroatoms. The third-order valence-corrected chi connectivity index (χ3v) is 30.0. The maximum Gasteiger partial charge on any atom is 0.443 e. The first kappa shape index (κ1) is 75.7. The average molecular weight is 1520 g/mol. The number of hydrogen-bond donors (Lipinski definition) is 0. The van der Waals surface area contributed by atoms with Gasteiger partial charge in [-0.2, -0.15) is 26.3 Å². The zero-order chi connectivity index (χ0) is 74.8. The van der Waals surface area contributed by atoms with Crippen LogP contribution in [0, 0.1) is 94.7 Å². The Morgan fingerprint density at radius 3 is 1.17 bits per heavy atom. The van der Waals surface area contributed by atoms with Gasteiger partial charge in [0.25, 0.3) is 11.6 Å². The molecule has 4 saturated carbocycles. The topological polar surface area (TPSA) is 246 Å². The van der Waals surface area contributed by atoms with Gasteiger partial charge in [-0.25, -0.2) is 48.5 Å². The highest BCUT2D eigenvalue weighted by molar-refractivity contribution is 5.17. The lowest BCUT2D eigenvalue weighted by molar-refractivity contribution is -0.599. The number of nitrogens with zero attached hydrogens (tertiary/aromatic N) is 6. The molecule has 0 amide bonds. The monoisotopic (exact) mass is 1510 g/mol. The van der Waals surface area contributed by atoms with E-state index in [9.17, 15) is 0 Å². The summed E-state index contributed by atoms with van der Waals surface area (Å²) in [6.45, 7) is 26.7. The summed E-state index contributed by atoms with van der Waals surface area (Å²) in [7, 11) is 0. The summed E-state index contributed by atoms with van der Waals surface area (Å²) in [6.07, 6.45) is 1.50. The molecule has 22 rings (SSSR count). The van der Waals surface area contributed by atoms with Gasteiger partial charge in [-0.15, -0.1) is 10.2 Å². The van der Waals surface area contributed by atoms with Crippen molar-refractivity contribution in [1.29, 1.82) is 0 Å². The SMILES string of the molecule is C[C@@H]1CC[C@H]2[C@@H](C)C(OCCn3nncc3CO[C@@]3(C)O[C@@H]4O[C@]5(C)CC[C@H]6[C@H](C)CC[C@@H]([C@H]3C)[C@@]46OO5)(C(F)(F)F)O[C@@H]3O[C@]4(C)CC[C@@H]1[C@]32OO4.C[C@@H]1CC[C@H]2[C@@H](C)[C@@](C)(OCCn3cc(CO[C@@]4(C(F)(F)F)O[C@@H]5O[C@]6(C)CC[C@H]7[C@H](C)CC[C@@H]([C@H]4C)[C@@]57OO6)nn3)O[C@@H]3O[C@]4(C)CC[C@@H]1[C@]32OO4. The smallest absolute Gasteiger partial charge is 0.348 e. The minimum absolute atomic E-state index is 0.0291. The van der Waals surface area contributed by atoms with Crippen molar-refractivity contribution in [2.24, 2.45) is 94.7 Å². The Labute approximate surface area is 614 Å². The molecule has 0 N–H and O–H groups in total. The van der Waals surface area contributed by atoms with Gasteiger partial charge in [-0.05, 0) is 166 Å². The van der Waals surface area contributed by atoms with Crippen molar-refractivity contribution in [3.05, 3.63) is 23.8 Å². The molecule has 8 bridgehead atoms. The van der Waals surface area contributed by atoms with E-state index in [-0.39, 0.29) is 97.8 Å². The number of aromatic nitrogens is 6. The van der Waals surface area contributed by atoms with Crippen LogP contribution in [0.5, 0.6) is 0 Å². The second-order valence-electron chi connectivity index (χ2n) is 35.8. The van der Waals surface area contributed by atoms with Crippen LogP contribution in [0.2, 0.25) is 0 Å². The first-order valence-electron chi connectivity index (χ1n) is 39.3. The van der Waals surface area contributed by atoms with E-state index in [1.54, 1.807) is 33.2 Å². The molecule has 32 atom stereocenters. The van der Waals surface area contributed by atoms with Crippen LogP contribution in [0.4, 0.5) is 26.3 Å². The van der Waals surface area contributed by atoms with Crippen LogP contribution >= 0.6 is 0 Å². The summed E-state index contributed by atoms with van der Waals surface area (Å²) in [6, 6.07) is 0. The van der Waals surface area contributed by atoms with Crippen LogP contribution in [0.3, 0.4) is 0 Å². The highest BCUT2D eigenvalue weighted by Gasteiger charge is 2.81. The van der Waals surface area contributed by atoms with Gasteiger partial charge in [-0.1, -0.05) is 65.8 Å². The Kier molecular flexibility index (Phi) is 18.4. The van der Waals surface area contributed by atoms with Crippen LogP contribution in [0.25, 0.3) is 0 Å². The number of hydrogen-bond acceptors (Lipinski definition) is 24. The third kappa shape index (κ3) is 11.2. The number of alkyl halides is 6. The Balaban J connectivity index is 0.000000156. The van der Waals surface area contributed by atoms with Crippen molar-refractivity contribution >= 4 is 0 Å². The molecule has 20 aliphatic rings. The van der Waals surface area contributed by atoms with Crippen molar-refractivity contribution in [1.82, 2.24) is 30.0 Å². The standard InChI is InChI=1S/2C37H54F3N3O10/c1-20-8-10-27-22(3)33(7,48-29-34(27)25(20)12-14-31(5,46-29)50-52-34)44-17-16-43-18-24(41-42-43)19-45-36(37(38,39)40)23(4)28-11-9-21(2)26-13-15-32(6)47-30(49-36)35(26,28)53-51-32;1-20-8-10-27-22(3)33(7,48-29-34(27)25(20)12-14-31(5,46-29)50-52-34)45-19-24-18-41-42-43(24)16-17-44-36(37(38,39)40)23(4)28-11-9-21(2)26-13-15-32(6)47-30(49-36)35(26,28)53-51-32/h2*18,20-23,25-30H,8-17,19H2,1-7H3/t20-,21-,22-,23-,25+,26+,27+,28+,29+,30+,31+,32+,33+,34-,35-,36-;20-,21-,22-,23-,25+,26+,27+,28+,29+,30+,31+,32+,33+,34-,35-,36?/m11/s1. The molecule has 0 radical (unpaired) electrons.